The third-order valence-corrected chi connectivity index (χ3v) is 4.91. The van der Waals surface area contributed by atoms with E-state index in [0.717, 1.165) is 18.1 Å². The molecule has 1 aliphatic heterocycles. The van der Waals surface area contributed by atoms with Crippen molar-refractivity contribution >= 4 is 11.6 Å². The summed E-state index contributed by atoms with van der Waals surface area (Å²) in [5, 5.41) is 4.38. The van der Waals surface area contributed by atoms with Crippen molar-refractivity contribution in [3.63, 3.8) is 0 Å². The van der Waals surface area contributed by atoms with Gasteiger partial charge in [0.15, 0.2) is 0 Å². The van der Waals surface area contributed by atoms with E-state index >= 15 is 0 Å². The highest BCUT2D eigenvalue weighted by molar-refractivity contribution is 6.30. The number of halogens is 1. The van der Waals surface area contributed by atoms with Crippen LogP contribution in [0.2, 0.25) is 5.02 Å². The van der Waals surface area contributed by atoms with E-state index in [1.807, 2.05) is 6.07 Å². The average Bonchev–Trinajstić information content (AvgIpc) is 2.47. The van der Waals surface area contributed by atoms with Gasteiger partial charge in [0.05, 0.1) is 0 Å². The predicted molar refractivity (Wildman–Crippen MR) is 90.3 cm³/mol. The SMILES string of the molecule is Cc1cccc(C)c1C1CCNCC1c1cccc(Cl)c1. The molecule has 1 aliphatic rings. The number of rotatable bonds is 2. The molecule has 1 nitrogen and oxygen atoms in total. The summed E-state index contributed by atoms with van der Waals surface area (Å²) in [6, 6.07) is 15.0. The second kappa shape index (κ2) is 6.21. The minimum Gasteiger partial charge on any atom is -0.316 e. The fourth-order valence-electron chi connectivity index (χ4n) is 3.70. The number of aryl methyl sites for hydroxylation is 2. The molecule has 110 valence electrons. The monoisotopic (exact) mass is 299 g/mol. The molecule has 21 heavy (non-hydrogen) atoms. The lowest BCUT2D eigenvalue weighted by Crippen LogP contribution is -2.34. The molecule has 2 unspecified atom stereocenters. The van der Waals surface area contributed by atoms with Crippen molar-refractivity contribution in [2.24, 2.45) is 0 Å². The van der Waals surface area contributed by atoms with Gasteiger partial charge in [-0.05, 0) is 67.1 Å². The maximum atomic E-state index is 6.20. The van der Waals surface area contributed by atoms with Gasteiger partial charge in [0.25, 0.3) is 0 Å². The first kappa shape index (κ1) is 14.6. The van der Waals surface area contributed by atoms with Gasteiger partial charge in [0.1, 0.15) is 0 Å². The lowest BCUT2D eigenvalue weighted by Gasteiger charge is -2.35. The summed E-state index contributed by atoms with van der Waals surface area (Å²) in [4.78, 5) is 0. The summed E-state index contributed by atoms with van der Waals surface area (Å²) in [6.45, 7) is 6.59. The number of hydrogen-bond acceptors (Lipinski definition) is 1. The molecular weight excluding hydrogens is 278 g/mol. The molecule has 2 atom stereocenters. The van der Waals surface area contributed by atoms with Crippen LogP contribution >= 0.6 is 11.6 Å². The Morgan fingerprint density at radius 2 is 1.71 bits per heavy atom. The van der Waals surface area contributed by atoms with E-state index in [9.17, 15) is 0 Å². The maximum absolute atomic E-state index is 6.20. The third-order valence-electron chi connectivity index (χ3n) is 4.67. The fraction of sp³-hybridized carbons (Fsp3) is 0.368. The van der Waals surface area contributed by atoms with Crippen LogP contribution < -0.4 is 5.32 Å². The van der Waals surface area contributed by atoms with Crippen LogP contribution in [-0.2, 0) is 0 Å². The molecule has 1 saturated heterocycles. The van der Waals surface area contributed by atoms with Gasteiger partial charge < -0.3 is 5.32 Å². The molecule has 1 heterocycles. The van der Waals surface area contributed by atoms with Crippen LogP contribution in [-0.4, -0.2) is 13.1 Å². The first-order valence-corrected chi connectivity index (χ1v) is 8.07. The lowest BCUT2D eigenvalue weighted by atomic mass is 9.75. The topological polar surface area (TPSA) is 12.0 Å². The number of piperidine rings is 1. The molecule has 0 aliphatic carbocycles. The van der Waals surface area contributed by atoms with Crippen LogP contribution in [0.3, 0.4) is 0 Å². The minimum absolute atomic E-state index is 0.497. The van der Waals surface area contributed by atoms with Crippen molar-refractivity contribution in [2.45, 2.75) is 32.1 Å². The Kier molecular flexibility index (Phi) is 4.32. The van der Waals surface area contributed by atoms with Crippen molar-refractivity contribution in [2.75, 3.05) is 13.1 Å². The molecule has 0 saturated carbocycles. The highest BCUT2D eigenvalue weighted by atomic mass is 35.5. The second-order valence-corrected chi connectivity index (χ2v) is 6.50. The molecule has 1 fully saturated rings. The van der Waals surface area contributed by atoms with Crippen LogP contribution in [0.5, 0.6) is 0 Å². The summed E-state index contributed by atoms with van der Waals surface area (Å²) < 4.78 is 0. The van der Waals surface area contributed by atoms with Crippen molar-refractivity contribution < 1.29 is 0 Å². The molecule has 3 rings (SSSR count). The van der Waals surface area contributed by atoms with Gasteiger partial charge in [-0.2, -0.15) is 0 Å². The van der Waals surface area contributed by atoms with Crippen molar-refractivity contribution in [1.29, 1.82) is 0 Å². The average molecular weight is 300 g/mol. The van der Waals surface area contributed by atoms with Gasteiger partial charge in [-0.1, -0.05) is 41.9 Å². The highest BCUT2D eigenvalue weighted by Crippen LogP contribution is 2.40. The van der Waals surface area contributed by atoms with Gasteiger partial charge in [-0.25, -0.2) is 0 Å². The van der Waals surface area contributed by atoms with Crippen LogP contribution in [0.1, 0.15) is 40.5 Å². The molecular formula is C19H22ClN. The second-order valence-electron chi connectivity index (χ2n) is 6.07. The summed E-state index contributed by atoms with van der Waals surface area (Å²) in [5.74, 6) is 1.07. The zero-order valence-corrected chi connectivity index (χ0v) is 13.5. The van der Waals surface area contributed by atoms with Crippen LogP contribution in [0.25, 0.3) is 0 Å². The minimum atomic E-state index is 0.497. The molecule has 2 heteroatoms. The van der Waals surface area contributed by atoms with Crippen LogP contribution in [0.15, 0.2) is 42.5 Å². The quantitative estimate of drug-likeness (QED) is 0.838. The first-order valence-electron chi connectivity index (χ1n) is 7.69. The first-order chi connectivity index (χ1) is 10.2. The Morgan fingerprint density at radius 3 is 2.43 bits per heavy atom. The van der Waals surface area contributed by atoms with Gasteiger partial charge in [-0.3, -0.25) is 0 Å². The maximum Gasteiger partial charge on any atom is 0.0408 e. The third kappa shape index (κ3) is 3.00. The summed E-state index contributed by atoms with van der Waals surface area (Å²) in [5.41, 5.74) is 5.70. The molecule has 0 bridgehead atoms. The summed E-state index contributed by atoms with van der Waals surface area (Å²) >= 11 is 6.20. The Bertz CT molecular complexity index is 615. The summed E-state index contributed by atoms with van der Waals surface area (Å²) in [6.07, 6.45) is 1.18. The van der Waals surface area contributed by atoms with Crippen molar-refractivity contribution in [3.05, 3.63) is 69.7 Å². The predicted octanol–water partition coefficient (Wildman–Crippen LogP) is 4.82. The fourth-order valence-corrected chi connectivity index (χ4v) is 3.90. The molecule has 2 aromatic carbocycles. The molecule has 1 N–H and O–H groups in total. The van der Waals surface area contributed by atoms with Crippen molar-refractivity contribution in [1.82, 2.24) is 5.32 Å². The van der Waals surface area contributed by atoms with E-state index < -0.39 is 0 Å². The van der Waals surface area contributed by atoms with Crippen LogP contribution in [0.4, 0.5) is 0 Å². The Balaban J connectivity index is 2.02. The van der Waals surface area contributed by atoms with Gasteiger partial charge in [-0.15, -0.1) is 0 Å². The van der Waals surface area contributed by atoms with E-state index in [0.29, 0.717) is 11.8 Å². The largest absolute Gasteiger partial charge is 0.316 e. The van der Waals surface area contributed by atoms with Crippen LogP contribution in [0, 0.1) is 13.8 Å². The normalized spacial score (nSPS) is 22.2. The standard InChI is InChI=1S/C19H22ClN/c1-13-5-3-6-14(2)19(13)17-9-10-21-12-18(17)15-7-4-8-16(20)11-15/h3-8,11,17-18,21H,9-10,12H2,1-2H3. The zero-order valence-electron chi connectivity index (χ0n) is 12.7. The van der Waals surface area contributed by atoms with Gasteiger partial charge in [0, 0.05) is 17.5 Å². The lowest BCUT2D eigenvalue weighted by molar-refractivity contribution is 0.402. The Morgan fingerprint density at radius 1 is 1.00 bits per heavy atom. The van der Waals surface area contributed by atoms with E-state index in [4.69, 9.17) is 11.6 Å². The number of nitrogens with one attached hydrogen (secondary N) is 1. The van der Waals surface area contributed by atoms with E-state index in [1.165, 1.54) is 28.7 Å². The van der Waals surface area contributed by atoms with E-state index in [2.05, 4.69) is 55.6 Å². The highest BCUT2D eigenvalue weighted by Gasteiger charge is 2.29. The smallest absolute Gasteiger partial charge is 0.0408 e. The molecule has 0 amide bonds. The van der Waals surface area contributed by atoms with E-state index in [1.54, 1.807) is 0 Å². The van der Waals surface area contributed by atoms with E-state index in [-0.39, 0.29) is 0 Å². The summed E-state index contributed by atoms with van der Waals surface area (Å²) in [7, 11) is 0. The van der Waals surface area contributed by atoms with Gasteiger partial charge in [0.2, 0.25) is 0 Å². The van der Waals surface area contributed by atoms with Gasteiger partial charge >= 0.3 is 0 Å². The Hall–Kier alpha value is -1.31. The molecule has 0 radical (unpaired) electrons. The molecule has 2 aromatic rings. The number of benzene rings is 2. The molecule has 0 aromatic heterocycles. The zero-order chi connectivity index (χ0) is 14.8. The number of hydrogen-bond donors (Lipinski definition) is 1. The molecule has 0 spiro atoms. The Labute approximate surface area is 132 Å². The van der Waals surface area contributed by atoms with Crippen molar-refractivity contribution in [3.8, 4) is 0 Å².